The third-order valence-corrected chi connectivity index (χ3v) is 3.86. The summed E-state index contributed by atoms with van der Waals surface area (Å²) in [7, 11) is -4.11. The van der Waals surface area contributed by atoms with Crippen LogP contribution in [0.2, 0.25) is 0 Å². The zero-order valence-corrected chi connectivity index (χ0v) is 13.6. The Morgan fingerprint density at radius 1 is 1.09 bits per heavy atom. The SMILES string of the molecule is Cc1cc(C)[n+](C)c2c(C)ccc(F)c12.O=S(=O)([O-])C(F)(F)F. The van der Waals surface area contributed by atoms with Gasteiger partial charge in [0.15, 0.2) is 15.8 Å². The average Bonchev–Trinajstić information content (AvgIpc) is 2.37. The Morgan fingerprint density at radius 3 is 2.00 bits per heavy atom. The molecule has 23 heavy (non-hydrogen) atoms. The first-order valence-corrected chi connectivity index (χ1v) is 7.75. The highest BCUT2D eigenvalue weighted by Gasteiger charge is 2.36. The van der Waals surface area contributed by atoms with Crippen molar-refractivity contribution in [2.45, 2.75) is 26.3 Å². The van der Waals surface area contributed by atoms with Crippen LogP contribution in [0.15, 0.2) is 18.2 Å². The van der Waals surface area contributed by atoms with Crippen LogP contribution < -0.4 is 4.57 Å². The van der Waals surface area contributed by atoms with E-state index >= 15 is 0 Å². The van der Waals surface area contributed by atoms with Crippen LogP contribution in [0.4, 0.5) is 17.6 Å². The number of halogens is 4. The monoisotopic (exact) mass is 353 g/mol. The number of hydrogen-bond donors (Lipinski definition) is 0. The molecule has 9 heteroatoms. The van der Waals surface area contributed by atoms with Crippen LogP contribution in [0.3, 0.4) is 0 Å². The third-order valence-electron chi connectivity index (χ3n) is 3.30. The second-order valence-corrected chi connectivity index (χ2v) is 6.39. The van der Waals surface area contributed by atoms with Crippen molar-refractivity contribution in [3.8, 4) is 0 Å². The van der Waals surface area contributed by atoms with E-state index in [9.17, 15) is 17.6 Å². The summed E-state index contributed by atoms with van der Waals surface area (Å²) in [5.41, 5.74) is -1.39. The van der Waals surface area contributed by atoms with Gasteiger partial charge in [0.25, 0.3) is 0 Å². The molecule has 1 aromatic heterocycles. The average molecular weight is 353 g/mol. The van der Waals surface area contributed by atoms with E-state index in [2.05, 4.69) is 0 Å². The summed E-state index contributed by atoms with van der Waals surface area (Å²) >= 11 is 0. The number of pyridine rings is 1. The lowest BCUT2D eigenvalue weighted by Crippen LogP contribution is -2.34. The maximum absolute atomic E-state index is 13.7. The van der Waals surface area contributed by atoms with Gasteiger partial charge in [-0.15, -0.1) is 0 Å². The molecule has 1 aromatic carbocycles. The van der Waals surface area contributed by atoms with Gasteiger partial charge < -0.3 is 4.55 Å². The molecular weight excluding hydrogens is 338 g/mol. The molecule has 128 valence electrons. The largest absolute Gasteiger partial charge is 0.741 e. The molecule has 0 spiro atoms. The number of fused-ring (bicyclic) bond motifs is 1. The summed E-state index contributed by atoms with van der Waals surface area (Å²) in [5.74, 6) is -0.135. The smallest absolute Gasteiger partial charge is 0.485 e. The molecule has 1 heterocycles. The van der Waals surface area contributed by atoms with Gasteiger partial charge in [-0.25, -0.2) is 12.8 Å². The lowest BCUT2D eigenvalue weighted by atomic mass is 10.0. The number of rotatable bonds is 0. The summed E-state index contributed by atoms with van der Waals surface area (Å²) in [4.78, 5) is 0. The van der Waals surface area contributed by atoms with Crippen molar-refractivity contribution in [1.82, 2.24) is 0 Å². The Hall–Kier alpha value is -1.74. The van der Waals surface area contributed by atoms with Gasteiger partial charge in [0.05, 0.1) is 5.39 Å². The maximum atomic E-state index is 13.7. The summed E-state index contributed by atoms with van der Waals surface area (Å²) in [6, 6.07) is 5.39. The van der Waals surface area contributed by atoms with Gasteiger partial charge >= 0.3 is 5.51 Å². The molecule has 2 aromatic rings. The van der Waals surface area contributed by atoms with Crippen LogP contribution in [-0.2, 0) is 17.2 Å². The molecule has 0 saturated carbocycles. The van der Waals surface area contributed by atoms with E-state index in [1.807, 2.05) is 44.5 Å². The fourth-order valence-electron chi connectivity index (χ4n) is 2.14. The molecule has 0 aliphatic heterocycles. The van der Waals surface area contributed by atoms with E-state index < -0.39 is 15.6 Å². The van der Waals surface area contributed by atoms with Crippen molar-refractivity contribution in [1.29, 1.82) is 0 Å². The lowest BCUT2D eigenvalue weighted by Gasteiger charge is -2.08. The molecule has 0 radical (unpaired) electrons. The Morgan fingerprint density at radius 2 is 1.57 bits per heavy atom. The van der Waals surface area contributed by atoms with Crippen molar-refractivity contribution in [3.63, 3.8) is 0 Å². The number of aryl methyl sites for hydroxylation is 4. The summed E-state index contributed by atoms with van der Waals surface area (Å²) in [6.45, 7) is 6.01. The first-order valence-electron chi connectivity index (χ1n) is 6.34. The van der Waals surface area contributed by atoms with Crippen molar-refractivity contribution in [2.75, 3.05) is 0 Å². The van der Waals surface area contributed by atoms with Crippen LogP contribution in [0.1, 0.15) is 16.8 Å². The summed E-state index contributed by atoms with van der Waals surface area (Å²) in [6.07, 6.45) is 0. The van der Waals surface area contributed by atoms with Crippen molar-refractivity contribution >= 4 is 21.0 Å². The van der Waals surface area contributed by atoms with Crippen LogP contribution in [0.25, 0.3) is 10.9 Å². The number of alkyl halides is 3. The molecule has 0 N–H and O–H groups in total. The number of hydrogen-bond acceptors (Lipinski definition) is 3. The minimum absolute atomic E-state index is 0.135. The molecule has 2 rings (SSSR count). The minimum Gasteiger partial charge on any atom is -0.741 e. The van der Waals surface area contributed by atoms with E-state index in [4.69, 9.17) is 13.0 Å². The fraction of sp³-hybridized carbons (Fsp3) is 0.357. The van der Waals surface area contributed by atoms with E-state index in [-0.39, 0.29) is 5.82 Å². The predicted octanol–water partition coefficient (Wildman–Crippen LogP) is 2.78. The Balaban J connectivity index is 0.000000284. The molecule has 0 fully saturated rings. The van der Waals surface area contributed by atoms with Gasteiger partial charge in [0, 0.05) is 18.6 Å². The lowest BCUT2D eigenvalue weighted by molar-refractivity contribution is -0.651. The van der Waals surface area contributed by atoms with Gasteiger partial charge in [-0.05, 0) is 31.5 Å². The van der Waals surface area contributed by atoms with Crippen LogP contribution in [-0.4, -0.2) is 18.5 Å². The molecule has 0 aliphatic rings. The standard InChI is InChI=1S/C13H15FN.CHF3O3S/c1-8-5-6-11(14)12-9(2)7-10(3)15(4)13(8)12;2-1(3,4)8(5,6)7/h5-7H,1-4H3;(H,5,6,7)/q+1;/p-1. The van der Waals surface area contributed by atoms with Crippen molar-refractivity contribution in [2.24, 2.45) is 7.05 Å². The number of aromatic nitrogens is 1. The van der Waals surface area contributed by atoms with Gasteiger partial charge in [-0.1, -0.05) is 0 Å². The second kappa shape index (κ2) is 6.40. The van der Waals surface area contributed by atoms with E-state index in [0.29, 0.717) is 0 Å². The molecule has 4 nitrogen and oxygen atoms in total. The zero-order chi connectivity index (χ0) is 18.2. The van der Waals surface area contributed by atoms with Gasteiger partial charge in [0.2, 0.25) is 5.52 Å². The van der Waals surface area contributed by atoms with Crippen LogP contribution >= 0.6 is 0 Å². The molecule has 0 aliphatic carbocycles. The molecule has 0 atom stereocenters. The Labute approximate surface area is 131 Å². The molecule has 0 unspecified atom stereocenters. The normalized spacial score (nSPS) is 12.0. The molecule has 0 amide bonds. The highest BCUT2D eigenvalue weighted by Crippen LogP contribution is 2.22. The number of nitrogens with zero attached hydrogens (tertiary/aromatic N) is 1. The van der Waals surface area contributed by atoms with Gasteiger partial charge in [0.1, 0.15) is 12.9 Å². The van der Waals surface area contributed by atoms with Gasteiger partial charge in [-0.3, -0.25) is 0 Å². The topological polar surface area (TPSA) is 61.1 Å². The highest BCUT2D eigenvalue weighted by molar-refractivity contribution is 7.86. The van der Waals surface area contributed by atoms with E-state index in [1.54, 1.807) is 6.07 Å². The van der Waals surface area contributed by atoms with Crippen LogP contribution in [0.5, 0.6) is 0 Å². The third kappa shape index (κ3) is 4.17. The van der Waals surface area contributed by atoms with Crippen molar-refractivity contribution < 1.29 is 35.1 Å². The van der Waals surface area contributed by atoms with Crippen molar-refractivity contribution in [3.05, 3.63) is 40.8 Å². The van der Waals surface area contributed by atoms with Gasteiger partial charge in [-0.2, -0.15) is 17.7 Å². The first-order chi connectivity index (χ1) is 10.3. The highest BCUT2D eigenvalue weighted by atomic mass is 32.2. The zero-order valence-electron chi connectivity index (χ0n) is 12.8. The number of benzene rings is 1. The molecule has 0 bridgehead atoms. The summed E-state index contributed by atoms with van der Waals surface area (Å²) in [5, 5.41) is 0.739. The quantitative estimate of drug-likeness (QED) is 0.317. The second-order valence-electron chi connectivity index (χ2n) is 5.02. The first kappa shape index (κ1) is 19.3. The minimum atomic E-state index is -6.09. The fourth-order valence-corrected chi connectivity index (χ4v) is 2.14. The Kier molecular flexibility index (Phi) is 5.37. The van der Waals surface area contributed by atoms with Crippen LogP contribution in [0, 0.1) is 26.6 Å². The summed E-state index contributed by atoms with van der Waals surface area (Å²) < 4.78 is 74.7. The predicted molar refractivity (Wildman–Crippen MR) is 75.0 cm³/mol. The molecule has 0 saturated heterocycles. The maximum Gasteiger partial charge on any atom is 0.485 e. The van der Waals surface area contributed by atoms with E-state index in [1.165, 1.54) is 0 Å². The van der Waals surface area contributed by atoms with E-state index in [0.717, 1.165) is 27.7 Å². The molecular formula is C14H15F4NO3S. The Bertz CT molecular complexity index is 845.